The summed E-state index contributed by atoms with van der Waals surface area (Å²) in [6.45, 7) is 3.28. The number of nitrogens with zero attached hydrogens (tertiary/aromatic N) is 2. The molecule has 5 rings (SSSR count). The molecule has 0 aromatic heterocycles. The van der Waals surface area contributed by atoms with Crippen molar-refractivity contribution in [2.75, 3.05) is 19.7 Å². The van der Waals surface area contributed by atoms with Crippen molar-refractivity contribution in [3.63, 3.8) is 0 Å². The third kappa shape index (κ3) is 4.96. The molecule has 178 valence electrons. The highest BCUT2D eigenvalue weighted by molar-refractivity contribution is 5.81. The number of ether oxygens (including phenoxy) is 1. The first kappa shape index (κ1) is 22.5. The lowest BCUT2D eigenvalue weighted by Gasteiger charge is -2.29. The first-order valence-electron chi connectivity index (χ1n) is 12.3. The van der Waals surface area contributed by atoms with Crippen molar-refractivity contribution in [3.8, 4) is 5.75 Å². The Morgan fingerprint density at radius 1 is 0.912 bits per heavy atom. The predicted octanol–water partition coefficient (Wildman–Crippen LogP) is 5.18. The average molecular weight is 461 g/mol. The normalized spacial score (nSPS) is 20.6. The van der Waals surface area contributed by atoms with Gasteiger partial charge in [0.05, 0.1) is 6.61 Å². The Morgan fingerprint density at radius 3 is 2.18 bits per heavy atom. The summed E-state index contributed by atoms with van der Waals surface area (Å²) in [4.78, 5) is 27.6. The van der Waals surface area contributed by atoms with E-state index in [-0.39, 0.29) is 11.8 Å². The van der Waals surface area contributed by atoms with Gasteiger partial charge in [-0.3, -0.25) is 4.79 Å². The van der Waals surface area contributed by atoms with Crippen LogP contribution in [0.1, 0.15) is 48.8 Å². The lowest BCUT2D eigenvalue weighted by Crippen LogP contribution is -2.38. The lowest BCUT2D eigenvalue weighted by atomic mass is 9.86. The van der Waals surface area contributed by atoms with E-state index in [0.717, 1.165) is 50.9 Å². The van der Waals surface area contributed by atoms with Gasteiger partial charge in [0.2, 0.25) is 5.91 Å². The van der Waals surface area contributed by atoms with Crippen LogP contribution < -0.4 is 4.74 Å². The van der Waals surface area contributed by atoms with E-state index in [0.29, 0.717) is 25.6 Å². The quantitative estimate of drug-likeness (QED) is 0.667. The predicted molar refractivity (Wildman–Crippen MR) is 130 cm³/mol. The van der Waals surface area contributed by atoms with E-state index in [1.807, 2.05) is 29.2 Å². The summed E-state index contributed by atoms with van der Waals surface area (Å²) in [5.74, 6) is 1.61. The van der Waals surface area contributed by atoms with E-state index in [4.69, 9.17) is 9.84 Å². The molecular weight excluding hydrogens is 428 g/mol. The van der Waals surface area contributed by atoms with Crippen molar-refractivity contribution in [1.82, 2.24) is 9.80 Å². The third-order valence-electron chi connectivity index (χ3n) is 7.51. The molecule has 0 bridgehead atoms. The number of allylic oxidation sites excluding steroid dienone is 2. The van der Waals surface area contributed by atoms with E-state index in [2.05, 4.69) is 30.3 Å². The maximum atomic E-state index is 13.1. The van der Waals surface area contributed by atoms with Gasteiger partial charge in [-0.15, -0.1) is 0 Å². The second-order valence-corrected chi connectivity index (χ2v) is 9.71. The second kappa shape index (κ2) is 9.92. The molecule has 2 aromatic rings. The number of benzene rings is 2. The summed E-state index contributed by atoms with van der Waals surface area (Å²) in [6, 6.07) is 16.6. The Labute approximate surface area is 200 Å². The molecule has 0 saturated carbocycles. The second-order valence-electron chi connectivity index (χ2n) is 9.71. The van der Waals surface area contributed by atoms with Gasteiger partial charge in [-0.05, 0) is 72.4 Å². The van der Waals surface area contributed by atoms with E-state index >= 15 is 0 Å². The Bertz CT molecular complexity index is 1050. The van der Waals surface area contributed by atoms with E-state index in [1.165, 1.54) is 27.2 Å². The zero-order valence-electron chi connectivity index (χ0n) is 19.5. The number of carbonyl (C=O) groups excluding carboxylic acids is 1. The van der Waals surface area contributed by atoms with Gasteiger partial charge in [0.25, 0.3) is 0 Å². The van der Waals surface area contributed by atoms with Gasteiger partial charge < -0.3 is 19.6 Å². The number of carboxylic acid groups (broad SMARTS) is 1. The van der Waals surface area contributed by atoms with Gasteiger partial charge in [-0.2, -0.15) is 0 Å². The fourth-order valence-electron chi connectivity index (χ4n) is 5.34. The van der Waals surface area contributed by atoms with Crippen molar-refractivity contribution in [3.05, 3.63) is 71.3 Å². The van der Waals surface area contributed by atoms with Crippen LogP contribution in [0.25, 0.3) is 5.57 Å². The fourth-order valence-corrected chi connectivity index (χ4v) is 5.34. The SMILES string of the molecule is O=C(O)N1CCC(COc2ccc(C3=CCC(C(=O)N4Cc5ccccc5C4)CC3)cc2)CC1. The largest absolute Gasteiger partial charge is 0.493 e. The minimum absolute atomic E-state index is 0.0770. The smallest absolute Gasteiger partial charge is 0.407 e. The molecule has 6 heteroatoms. The van der Waals surface area contributed by atoms with Gasteiger partial charge >= 0.3 is 6.09 Å². The molecule has 2 aromatic carbocycles. The monoisotopic (exact) mass is 460 g/mol. The van der Waals surface area contributed by atoms with Crippen LogP contribution in [0.5, 0.6) is 5.75 Å². The highest BCUT2D eigenvalue weighted by atomic mass is 16.5. The number of hydrogen-bond donors (Lipinski definition) is 1. The molecular formula is C28H32N2O4. The molecule has 1 atom stereocenters. The van der Waals surface area contributed by atoms with E-state index < -0.39 is 6.09 Å². The molecule has 1 aliphatic carbocycles. The first-order chi connectivity index (χ1) is 16.6. The molecule has 1 fully saturated rings. The maximum Gasteiger partial charge on any atom is 0.407 e. The number of rotatable bonds is 5. The Balaban J connectivity index is 1.10. The third-order valence-corrected chi connectivity index (χ3v) is 7.51. The lowest BCUT2D eigenvalue weighted by molar-refractivity contribution is -0.136. The van der Waals surface area contributed by atoms with Crippen molar-refractivity contribution < 1.29 is 19.4 Å². The molecule has 3 aliphatic rings. The highest BCUT2D eigenvalue weighted by Gasteiger charge is 2.30. The number of piperidine rings is 1. The number of amides is 2. The summed E-state index contributed by atoms with van der Waals surface area (Å²) < 4.78 is 5.98. The standard InChI is InChI=1S/C28H32N2O4/c31-27(30-17-24-3-1-2-4-25(24)18-30)23-7-5-21(6-8-23)22-9-11-26(12-10-22)34-19-20-13-15-29(16-14-20)28(32)33/h1-5,9-12,20,23H,6-8,13-19H2,(H,32,33). The Kier molecular flexibility index (Phi) is 6.57. The zero-order valence-corrected chi connectivity index (χ0v) is 19.5. The van der Waals surface area contributed by atoms with Crippen LogP contribution in [0.15, 0.2) is 54.6 Å². The van der Waals surface area contributed by atoms with E-state index in [9.17, 15) is 9.59 Å². The molecule has 0 spiro atoms. The molecule has 6 nitrogen and oxygen atoms in total. The van der Waals surface area contributed by atoms with Crippen molar-refractivity contribution in [2.24, 2.45) is 11.8 Å². The van der Waals surface area contributed by atoms with Gasteiger partial charge in [-0.25, -0.2) is 4.79 Å². The molecule has 34 heavy (non-hydrogen) atoms. The molecule has 0 radical (unpaired) electrons. The fraction of sp³-hybridized carbons (Fsp3) is 0.429. The van der Waals surface area contributed by atoms with Crippen LogP contribution >= 0.6 is 0 Å². The first-order valence-corrected chi connectivity index (χ1v) is 12.3. The van der Waals surface area contributed by atoms with Gasteiger partial charge in [0.1, 0.15) is 5.75 Å². The average Bonchev–Trinajstić information content (AvgIpc) is 3.32. The Hall–Kier alpha value is -3.28. The zero-order chi connectivity index (χ0) is 23.5. The number of hydrogen-bond acceptors (Lipinski definition) is 3. The molecule has 1 unspecified atom stereocenters. The summed E-state index contributed by atoms with van der Waals surface area (Å²) in [5, 5.41) is 9.06. The summed E-state index contributed by atoms with van der Waals surface area (Å²) in [6.07, 6.45) is 5.71. The number of carbonyl (C=O) groups is 2. The summed E-state index contributed by atoms with van der Waals surface area (Å²) in [5.41, 5.74) is 5.05. The topological polar surface area (TPSA) is 70.1 Å². The minimum atomic E-state index is -0.829. The molecule has 2 aliphatic heterocycles. The van der Waals surface area contributed by atoms with Gasteiger partial charge in [0, 0.05) is 32.1 Å². The van der Waals surface area contributed by atoms with Crippen LogP contribution in [0.3, 0.4) is 0 Å². The van der Waals surface area contributed by atoms with E-state index in [1.54, 1.807) is 0 Å². The van der Waals surface area contributed by atoms with Gasteiger partial charge in [0.15, 0.2) is 0 Å². The molecule has 1 N–H and O–H groups in total. The number of likely N-dealkylation sites (tertiary alicyclic amines) is 1. The summed E-state index contributed by atoms with van der Waals surface area (Å²) >= 11 is 0. The van der Waals surface area contributed by atoms with Crippen LogP contribution in [0, 0.1) is 11.8 Å². The molecule has 2 heterocycles. The maximum absolute atomic E-state index is 13.1. The van der Waals surface area contributed by atoms with Crippen molar-refractivity contribution in [1.29, 1.82) is 0 Å². The van der Waals surface area contributed by atoms with Crippen LogP contribution in [0.4, 0.5) is 4.79 Å². The van der Waals surface area contributed by atoms with Gasteiger partial charge in [-0.1, -0.05) is 42.5 Å². The Morgan fingerprint density at radius 2 is 1.59 bits per heavy atom. The van der Waals surface area contributed by atoms with Crippen molar-refractivity contribution >= 4 is 17.6 Å². The highest BCUT2D eigenvalue weighted by Crippen LogP contribution is 2.34. The summed E-state index contributed by atoms with van der Waals surface area (Å²) in [7, 11) is 0. The van der Waals surface area contributed by atoms with Crippen LogP contribution in [0.2, 0.25) is 0 Å². The van der Waals surface area contributed by atoms with Crippen molar-refractivity contribution in [2.45, 2.75) is 45.2 Å². The minimum Gasteiger partial charge on any atom is -0.493 e. The van der Waals surface area contributed by atoms with Crippen LogP contribution in [-0.2, 0) is 17.9 Å². The number of fused-ring (bicyclic) bond motifs is 1. The van der Waals surface area contributed by atoms with Crippen LogP contribution in [-0.4, -0.2) is 46.6 Å². The molecule has 1 saturated heterocycles. The molecule has 2 amide bonds.